The molecule has 2 aromatic rings. The summed E-state index contributed by atoms with van der Waals surface area (Å²) < 4.78 is 27.1. The smallest absolute Gasteiger partial charge is 0.139 e. The minimum atomic E-state index is -0.369. The minimum Gasteiger partial charge on any atom is -0.381 e. The average molecular weight is 333 g/mol. The largest absolute Gasteiger partial charge is 0.381 e. The summed E-state index contributed by atoms with van der Waals surface area (Å²) in [4.78, 5) is 0. The van der Waals surface area contributed by atoms with E-state index < -0.39 is 0 Å². The molecule has 0 aliphatic carbocycles. The van der Waals surface area contributed by atoms with Crippen molar-refractivity contribution in [2.24, 2.45) is 0 Å². The average Bonchev–Trinajstić information content (AvgIpc) is 2.34. The van der Waals surface area contributed by atoms with E-state index in [0.29, 0.717) is 20.7 Å². The van der Waals surface area contributed by atoms with Crippen LogP contribution in [0.5, 0.6) is 0 Å². The van der Waals surface area contributed by atoms with Crippen LogP contribution in [-0.4, -0.2) is 0 Å². The number of rotatable bonds is 3. The quantitative estimate of drug-likeness (QED) is 0.834. The Kier molecular flexibility index (Phi) is 4.19. The van der Waals surface area contributed by atoms with E-state index in [1.165, 1.54) is 18.2 Å². The second kappa shape index (κ2) is 5.67. The van der Waals surface area contributed by atoms with E-state index in [0.717, 1.165) is 0 Å². The number of nitrogens with one attached hydrogen (secondary N) is 1. The van der Waals surface area contributed by atoms with E-state index in [1.807, 2.05) is 0 Å². The molecule has 1 N–H and O–H groups in total. The Hall–Kier alpha value is -1.13. The zero-order valence-electron chi connectivity index (χ0n) is 9.18. The molecular formula is C13H9BrClF2N. The van der Waals surface area contributed by atoms with Crippen LogP contribution >= 0.6 is 27.5 Å². The minimum absolute atomic E-state index is 0.244. The van der Waals surface area contributed by atoms with Gasteiger partial charge in [-0.05, 0) is 52.3 Å². The SMILES string of the molecule is Fc1cc(NCc2cc(Cl)ccc2F)ccc1Br. The number of benzene rings is 2. The first-order chi connectivity index (χ1) is 8.56. The zero-order valence-corrected chi connectivity index (χ0v) is 11.5. The monoisotopic (exact) mass is 331 g/mol. The maximum absolute atomic E-state index is 13.4. The maximum Gasteiger partial charge on any atom is 0.139 e. The van der Waals surface area contributed by atoms with Crippen LogP contribution in [0.2, 0.25) is 5.02 Å². The third-order valence-electron chi connectivity index (χ3n) is 2.41. The highest BCUT2D eigenvalue weighted by atomic mass is 79.9. The van der Waals surface area contributed by atoms with Crippen LogP contribution in [0.15, 0.2) is 40.9 Å². The molecule has 0 spiro atoms. The fraction of sp³-hybridized carbons (Fsp3) is 0.0769. The third kappa shape index (κ3) is 3.21. The van der Waals surface area contributed by atoms with E-state index >= 15 is 0 Å². The van der Waals surface area contributed by atoms with Gasteiger partial charge >= 0.3 is 0 Å². The number of hydrogen-bond acceptors (Lipinski definition) is 1. The van der Waals surface area contributed by atoms with Crippen LogP contribution in [0.4, 0.5) is 14.5 Å². The standard InChI is InChI=1S/C13H9BrClF2N/c14-11-3-2-10(6-13(11)17)18-7-8-5-9(15)1-4-12(8)16/h1-6,18H,7H2. The Bertz CT molecular complexity index is 575. The summed E-state index contributed by atoms with van der Waals surface area (Å²) in [5, 5.41) is 3.41. The van der Waals surface area contributed by atoms with Gasteiger partial charge in [0.2, 0.25) is 0 Å². The first kappa shape index (κ1) is 13.3. The number of halogens is 4. The Morgan fingerprint density at radius 2 is 1.83 bits per heavy atom. The van der Waals surface area contributed by atoms with Gasteiger partial charge in [-0.1, -0.05) is 11.6 Å². The lowest BCUT2D eigenvalue weighted by atomic mass is 10.2. The fourth-order valence-electron chi connectivity index (χ4n) is 1.48. The third-order valence-corrected chi connectivity index (χ3v) is 3.29. The van der Waals surface area contributed by atoms with Gasteiger partial charge in [0.05, 0.1) is 4.47 Å². The van der Waals surface area contributed by atoms with Crippen molar-refractivity contribution >= 4 is 33.2 Å². The van der Waals surface area contributed by atoms with Crippen molar-refractivity contribution in [3.05, 3.63) is 63.1 Å². The van der Waals surface area contributed by atoms with Gasteiger partial charge in [0, 0.05) is 22.8 Å². The van der Waals surface area contributed by atoms with Crippen LogP contribution in [0.1, 0.15) is 5.56 Å². The molecule has 0 saturated carbocycles. The molecule has 0 radical (unpaired) electrons. The first-order valence-corrected chi connectivity index (χ1v) is 6.36. The molecule has 0 bridgehead atoms. The highest BCUT2D eigenvalue weighted by Gasteiger charge is 2.04. The fourth-order valence-corrected chi connectivity index (χ4v) is 1.92. The molecule has 0 amide bonds. The number of hydrogen-bond donors (Lipinski definition) is 1. The first-order valence-electron chi connectivity index (χ1n) is 5.19. The van der Waals surface area contributed by atoms with Crippen molar-refractivity contribution in [3.8, 4) is 0 Å². The van der Waals surface area contributed by atoms with Crippen LogP contribution in [0.25, 0.3) is 0 Å². The lowest BCUT2D eigenvalue weighted by molar-refractivity contribution is 0.612. The summed E-state index contributed by atoms with van der Waals surface area (Å²) in [6.07, 6.45) is 0. The van der Waals surface area contributed by atoms with Crippen LogP contribution in [0.3, 0.4) is 0 Å². The summed E-state index contributed by atoms with van der Waals surface area (Å²) in [6, 6.07) is 8.97. The van der Waals surface area contributed by atoms with Crippen molar-refractivity contribution in [3.63, 3.8) is 0 Å². The molecule has 0 saturated heterocycles. The Morgan fingerprint density at radius 1 is 1.06 bits per heavy atom. The molecule has 2 rings (SSSR count). The highest BCUT2D eigenvalue weighted by molar-refractivity contribution is 9.10. The summed E-state index contributed by atoms with van der Waals surface area (Å²) >= 11 is 8.85. The van der Waals surface area contributed by atoms with Crippen LogP contribution in [0, 0.1) is 11.6 Å². The van der Waals surface area contributed by atoms with Gasteiger partial charge in [0.25, 0.3) is 0 Å². The maximum atomic E-state index is 13.4. The van der Waals surface area contributed by atoms with Gasteiger partial charge in [0.1, 0.15) is 11.6 Å². The van der Waals surface area contributed by atoms with Crippen molar-refractivity contribution in [2.45, 2.75) is 6.54 Å². The van der Waals surface area contributed by atoms with Gasteiger partial charge in [-0.3, -0.25) is 0 Å². The molecular weight excluding hydrogens is 324 g/mol. The molecule has 0 atom stereocenters. The number of anilines is 1. The van der Waals surface area contributed by atoms with E-state index in [2.05, 4.69) is 21.2 Å². The molecule has 94 valence electrons. The van der Waals surface area contributed by atoms with Gasteiger partial charge in [-0.2, -0.15) is 0 Å². The highest BCUT2D eigenvalue weighted by Crippen LogP contribution is 2.21. The lowest BCUT2D eigenvalue weighted by Gasteiger charge is -2.08. The van der Waals surface area contributed by atoms with E-state index in [9.17, 15) is 8.78 Å². The molecule has 0 aromatic heterocycles. The summed E-state index contributed by atoms with van der Waals surface area (Å²) in [7, 11) is 0. The van der Waals surface area contributed by atoms with Crippen LogP contribution in [-0.2, 0) is 6.54 Å². The second-order valence-corrected chi connectivity index (χ2v) is 5.01. The Labute approximate surface area is 117 Å². The van der Waals surface area contributed by atoms with E-state index in [4.69, 9.17) is 11.6 Å². The predicted molar refractivity (Wildman–Crippen MR) is 72.8 cm³/mol. The molecule has 2 aromatic carbocycles. The molecule has 18 heavy (non-hydrogen) atoms. The molecule has 0 heterocycles. The van der Waals surface area contributed by atoms with Gasteiger partial charge in [0.15, 0.2) is 0 Å². The topological polar surface area (TPSA) is 12.0 Å². The molecule has 0 fully saturated rings. The Morgan fingerprint density at radius 3 is 2.56 bits per heavy atom. The van der Waals surface area contributed by atoms with Crippen molar-refractivity contribution in [1.29, 1.82) is 0 Å². The molecule has 5 heteroatoms. The van der Waals surface area contributed by atoms with Crippen molar-refractivity contribution in [2.75, 3.05) is 5.32 Å². The molecule has 1 nitrogen and oxygen atoms in total. The summed E-state index contributed by atoms with van der Waals surface area (Å²) in [5.41, 5.74) is 1.01. The van der Waals surface area contributed by atoms with Gasteiger partial charge in [-0.15, -0.1) is 0 Å². The van der Waals surface area contributed by atoms with E-state index in [-0.39, 0.29) is 18.2 Å². The Balaban J connectivity index is 2.11. The lowest BCUT2D eigenvalue weighted by Crippen LogP contribution is -2.02. The van der Waals surface area contributed by atoms with Crippen molar-refractivity contribution < 1.29 is 8.78 Å². The molecule has 0 aliphatic heterocycles. The molecule has 0 unspecified atom stereocenters. The van der Waals surface area contributed by atoms with Gasteiger partial charge < -0.3 is 5.32 Å². The van der Waals surface area contributed by atoms with Crippen molar-refractivity contribution in [1.82, 2.24) is 0 Å². The van der Waals surface area contributed by atoms with Gasteiger partial charge in [-0.25, -0.2) is 8.78 Å². The normalized spacial score (nSPS) is 10.4. The van der Waals surface area contributed by atoms with Crippen LogP contribution < -0.4 is 5.32 Å². The summed E-state index contributed by atoms with van der Waals surface area (Å²) in [5.74, 6) is -0.712. The zero-order chi connectivity index (χ0) is 13.1. The van der Waals surface area contributed by atoms with E-state index in [1.54, 1.807) is 18.2 Å². The molecule has 0 aliphatic rings. The summed E-state index contributed by atoms with van der Waals surface area (Å²) in [6.45, 7) is 0.244. The second-order valence-electron chi connectivity index (χ2n) is 3.72. The predicted octanol–water partition coefficient (Wildman–Crippen LogP) is 4.99.